The van der Waals surface area contributed by atoms with Gasteiger partial charge in [0.25, 0.3) is 0 Å². The first-order valence-corrected chi connectivity index (χ1v) is 9.47. The normalized spacial score (nSPS) is 17.8. The number of hydrogen-bond acceptors (Lipinski definition) is 3. The SMILES string of the molecule is CN=C(NCCCn1ccnc1)NC1CCN(c2ccc(Br)cc2)C1. The highest BCUT2D eigenvalue weighted by molar-refractivity contribution is 9.10. The minimum Gasteiger partial charge on any atom is -0.369 e. The zero-order valence-corrected chi connectivity index (χ0v) is 16.1. The lowest BCUT2D eigenvalue weighted by Gasteiger charge is -2.20. The van der Waals surface area contributed by atoms with Crippen molar-refractivity contribution in [3.8, 4) is 0 Å². The third-order valence-electron chi connectivity index (χ3n) is 4.39. The summed E-state index contributed by atoms with van der Waals surface area (Å²) in [6.07, 6.45) is 7.80. The van der Waals surface area contributed by atoms with Crippen molar-refractivity contribution in [1.29, 1.82) is 0 Å². The van der Waals surface area contributed by atoms with Crippen LogP contribution >= 0.6 is 15.9 Å². The zero-order valence-electron chi connectivity index (χ0n) is 14.5. The summed E-state index contributed by atoms with van der Waals surface area (Å²) in [5, 5.41) is 6.94. The second-order valence-electron chi connectivity index (χ2n) is 6.21. The van der Waals surface area contributed by atoms with Crippen LogP contribution < -0.4 is 15.5 Å². The van der Waals surface area contributed by atoms with Crippen molar-refractivity contribution >= 4 is 27.6 Å². The number of benzene rings is 1. The average Bonchev–Trinajstić information content (AvgIpc) is 3.30. The average molecular weight is 405 g/mol. The number of imidazole rings is 1. The van der Waals surface area contributed by atoms with E-state index in [9.17, 15) is 0 Å². The van der Waals surface area contributed by atoms with Crippen LogP contribution in [-0.4, -0.2) is 48.2 Å². The Labute approximate surface area is 157 Å². The third kappa shape index (κ3) is 5.22. The van der Waals surface area contributed by atoms with Gasteiger partial charge in [-0.3, -0.25) is 4.99 Å². The monoisotopic (exact) mass is 404 g/mol. The largest absolute Gasteiger partial charge is 0.369 e. The van der Waals surface area contributed by atoms with E-state index in [4.69, 9.17) is 0 Å². The smallest absolute Gasteiger partial charge is 0.191 e. The van der Waals surface area contributed by atoms with Gasteiger partial charge in [0.2, 0.25) is 0 Å². The first-order chi connectivity index (χ1) is 12.2. The number of hydrogen-bond donors (Lipinski definition) is 2. The van der Waals surface area contributed by atoms with Crippen molar-refractivity contribution in [2.45, 2.75) is 25.4 Å². The molecule has 1 aliphatic heterocycles. The lowest BCUT2D eigenvalue weighted by atomic mass is 10.2. The van der Waals surface area contributed by atoms with Gasteiger partial charge in [-0.15, -0.1) is 0 Å². The lowest BCUT2D eigenvalue weighted by Crippen LogP contribution is -2.45. The molecule has 2 heterocycles. The molecule has 0 spiro atoms. The minimum atomic E-state index is 0.420. The molecule has 7 heteroatoms. The number of aryl methyl sites for hydroxylation is 1. The molecule has 1 aromatic carbocycles. The highest BCUT2D eigenvalue weighted by Crippen LogP contribution is 2.22. The van der Waals surface area contributed by atoms with Crippen LogP contribution in [0, 0.1) is 0 Å². The molecule has 25 heavy (non-hydrogen) atoms. The van der Waals surface area contributed by atoms with E-state index in [1.807, 2.05) is 25.8 Å². The Morgan fingerprint density at radius 3 is 2.92 bits per heavy atom. The number of rotatable bonds is 6. The van der Waals surface area contributed by atoms with E-state index < -0.39 is 0 Å². The standard InChI is InChI=1S/C18H25BrN6/c1-20-18(22-8-2-10-24-12-9-21-14-24)23-16-7-11-25(13-16)17-5-3-15(19)4-6-17/h3-6,9,12,14,16H,2,7-8,10-11,13H2,1H3,(H2,20,22,23). The molecular formula is C18H25BrN6. The highest BCUT2D eigenvalue weighted by Gasteiger charge is 2.23. The predicted molar refractivity (Wildman–Crippen MR) is 106 cm³/mol. The number of anilines is 1. The number of aromatic nitrogens is 2. The van der Waals surface area contributed by atoms with E-state index >= 15 is 0 Å². The summed E-state index contributed by atoms with van der Waals surface area (Å²) in [7, 11) is 1.83. The number of aliphatic imine (C=N–C) groups is 1. The second-order valence-corrected chi connectivity index (χ2v) is 7.12. The molecule has 0 saturated carbocycles. The van der Waals surface area contributed by atoms with Gasteiger partial charge in [-0.2, -0.15) is 0 Å². The summed E-state index contributed by atoms with van der Waals surface area (Å²) in [4.78, 5) is 10.8. The molecule has 1 atom stereocenters. The van der Waals surface area contributed by atoms with Crippen LogP contribution in [0.15, 0.2) is 52.5 Å². The molecule has 1 saturated heterocycles. The summed E-state index contributed by atoms with van der Waals surface area (Å²) >= 11 is 3.49. The Bertz CT molecular complexity index is 667. The van der Waals surface area contributed by atoms with Crippen LogP contribution in [0.25, 0.3) is 0 Å². The summed E-state index contributed by atoms with van der Waals surface area (Å²) in [5.74, 6) is 0.883. The fraction of sp³-hybridized carbons (Fsp3) is 0.444. The molecule has 1 aromatic heterocycles. The predicted octanol–water partition coefficient (Wildman–Crippen LogP) is 2.48. The molecular weight excluding hydrogens is 380 g/mol. The van der Waals surface area contributed by atoms with E-state index in [0.717, 1.165) is 49.5 Å². The van der Waals surface area contributed by atoms with Gasteiger partial charge in [-0.1, -0.05) is 15.9 Å². The summed E-state index contributed by atoms with van der Waals surface area (Å²) in [6, 6.07) is 8.93. The van der Waals surface area contributed by atoms with Crippen molar-refractivity contribution in [3.63, 3.8) is 0 Å². The van der Waals surface area contributed by atoms with E-state index in [1.54, 1.807) is 0 Å². The molecule has 1 aliphatic rings. The van der Waals surface area contributed by atoms with E-state index in [0.29, 0.717) is 6.04 Å². The van der Waals surface area contributed by atoms with Gasteiger partial charge in [0.1, 0.15) is 0 Å². The van der Waals surface area contributed by atoms with Gasteiger partial charge < -0.3 is 20.1 Å². The van der Waals surface area contributed by atoms with Gasteiger partial charge in [0.15, 0.2) is 5.96 Å². The van der Waals surface area contributed by atoms with Crippen molar-refractivity contribution in [3.05, 3.63) is 47.5 Å². The summed E-state index contributed by atoms with van der Waals surface area (Å²) in [5.41, 5.74) is 1.27. The highest BCUT2D eigenvalue weighted by atomic mass is 79.9. The molecule has 0 bridgehead atoms. The van der Waals surface area contributed by atoms with Gasteiger partial charge in [-0.05, 0) is 37.1 Å². The van der Waals surface area contributed by atoms with Crippen molar-refractivity contribution in [2.75, 3.05) is 31.6 Å². The molecule has 6 nitrogen and oxygen atoms in total. The van der Waals surface area contributed by atoms with Crippen molar-refractivity contribution in [2.24, 2.45) is 4.99 Å². The molecule has 1 fully saturated rings. The first kappa shape index (κ1) is 17.8. The van der Waals surface area contributed by atoms with E-state index in [1.165, 1.54) is 5.69 Å². The molecule has 1 unspecified atom stereocenters. The number of nitrogens with one attached hydrogen (secondary N) is 2. The third-order valence-corrected chi connectivity index (χ3v) is 4.92. The molecule has 2 N–H and O–H groups in total. The lowest BCUT2D eigenvalue weighted by molar-refractivity contribution is 0.609. The molecule has 0 amide bonds. The Hall–Kier alpha value is -2.02. The van der Waals surface area contributed by atoms with Gasteiger partial charge >= 0.3 is 0 Å². The minimum absolute atomic E-state index is 0.420. The number of nitrogens with zero attached hydrogens (tertiary/aromatic N) is 4. The molecule has 0 radical (unpaired) electrons. The van der Waals surface area contributed by atoms with E-state index in [2.05, 4.69) is 70.3 Å². The Balaban J connectivity index is 1.40. The van der Waals surface area contributed by atoms with Crippen LogP contribution in [0.4, 0.5) is 5.69 Å². The van der Waals surface area contributed by atoms with Gasteiger partial charge in [0, 0.05) is 61.8 Å². The van der Waals surface area contributed by atoms with Crippen LogP contribution in [0.5, 0.6) is 0 Å². The van der Waals surface area contributed by atoms with Crippen molar-refractivity contribution in [1.82, 2.24) is 20.2 Å². The van der Waals surface area contributed by atoms with Gasteiger partial charge in [-0.25, -0.2) is 4.98 Å². The Kier molecular flexibility index (Phi) is 6.33. The molecule has 134 valence electrons. The molecule has 0 aliphatic carbocycles. The van der Waals surface area contributed by atoms with Crippen molar-refractivity contribution < 1.29 is 0 Å². The zero-order chi connectivity index (χ0) is 17.5. The summed E-state index contributed by atoms with van der Waals surface area (Å²) < 4.78 is 3.20. The van der Waals surface area contributed by atoms with Crippen LogP contribution in [0.1, 0.15) is 12.8 Å². The quantitative estimate of drug-likeness (QED) is 0.441. The van der Waals surface area contributed by atoms with Gasteiger partial charge in [0.05, 0.1) is 6.33 Å². The fourth-order valence-corrected chi connectivity index (χ4v) is 3.30. The van der Waals surface area contributed by atoms with Crippen LogP contribution in [0.3, 0.4) is 0 Å². The number of halogens is 1. The van der Waals surface area contributed by atoms with Crippen LogP contribution in [0.2, 0.25) is 0 Å². The first-order valence-electron chi connectivity index (χ1n) is 8.68. The maximum absolute atomic E-state index is 4.35. The number of guanidine groups is 1. The molecule has 2 aromatic rings. The topological polar surface area (TPSA) is 57.5 Å². The Morgan fingerprint density at radius 1 is 1.36 bits per heavy atom. The molecule has 3 rings (SSSR count). The van der Waals surface area contributed by atoms with Crippen LogP contribution in [-0.2, 0) is 6.54 Å². The maximum Gasteiger partial charge on any atom is 0.191 e. The maximum atomic E-state index is 4.35. The van der Waals surface area contributed by atoms with E-state index in [-0.39, 0.29) is 0 Å². The summed E-state index contributed by atoms with van der Waals surface area (Å²) in [6.45, 7) is 3.92. The fourth-order valence-electron chi connectivity index (χ4n) is 3.04. The second kappa shape index (κ2) is 8.89. The Morgan fingerprint density at radius 2 is 2.20 bits per heavy atom.